The molecule has 1 aliphatic carbocycles. The van der Waals surface area contributed by atoms with Crippen LogP contribution in [0.2, 0.25) is 0 Å². The van der Waals surface area contributed by atoms with E-state index in [9.17, 15) is 9.59 Å². The molecule has 1 aromatic carbocycles. The highest BCUT2D eigenvalue weighted by Gasteiger charge is 2.42. The number of ether oxygens (including phenoxy) is 3. The smallest absolute Gasteiger partial charge is 0.341 e. The van der Waals surface area contributed by atoms with Crippen molar-refractivity contribution in [1.82, 2.24) is 0 Å². The maximum atomic E-state index is 13.1. The molecule has 3 atom stereocenters. The van der Waals surface area contributed by atoms with E-state index < -0.39 is 11.6 Å². The van der Waals surface area contributed by atoms with Gasteiger partial charge in [-0.05, 0) is 63.6 Å². The van der Waals surface area contributed by atoms with Crippen LogP contribution in [-0.4, -0.2) is 37.3 Å². The highest BCUT2D eigenvalue weighted by Crippen LogP contribution is 2.36. The molecule has 1 aromatic rings. The molecule has 0 bridgehead atoms. The average molecular weight is 392 g/mol. The van der Waals surface area contributed by atoms with Gasteiger partial charge in [-0.15, -0.1) is 0 Å². The first-order valence-corrected chi connectivity index (χ1v) is 10.2. The van der Waals surface area contributed by atoms with E-state index in [1.165, 1.54) is 7.11 Å². The van der Waals surface area contributed by atoms with Crippen LogP contribution in [0, 0.1) is 5.92 Å². The fourth-order valence-electron chi connectivity index (χ4n) is 3.71. The second-order valence-electron chi connectivity index (χ2n) is 7.62. The molecule has 0 aliphatic heterocycles. The van der Waals surface area contributed by atoms with Crippen LogP contribution in [0.4, 0.5) is 5.69 Å². The van der Waals surface area contributed by atoms with E-state index in [1.54, 1.807) is 18.2 Å². The van der Waals surface area contributed by atoms with Gasteiger partial charge in [-0.3, -0.25) is 4.79 Å². The highest BCUT2D eigenvalue weighted by atomic mass is 16.5. The summed E-state index contributed by atoms with van der Waals surface area (Å²) in [6.45, 7) is 8.48. The van der Waals surface area contributed by atoms with Crippen molar-refractivity contribution in [3.63, 3.8) is 0 Å². The second-order valence-corrected chi connectivity index (χ2v) is 7.62. The number of methoxy groups -OCH3 is 1. The van der Waals surface area contributed by atoms with Crippen molar-refractivity contribution >= 4 is 17.6 Å². The van der Waals surface area contributed by atoms with Crippen molar-refractivity contribution < 1.29 is 23.8 Å². The van der Waals surface area contributed by atoms with E-state index in [4.69, 9.17) is 14.2 Å². The van der Waals surface area contributed by atoms with Crippen LogP contribution >= 0.6 is 0 Å². The van der Waals surface area contributed by atoms with Gasteiger partial charge in [0.05, 0.1) is 13.2 Å². The molecule has 0 saturated heterocycles. The standard InChI is InChI=1S/C22H33NO5/c1-6-16(4)28-19-11-10-17(13-18(19)20(24)26-5)23-21(25)22(27-7-2)12-8-9-15(3)14-22/h10-11,13,15-16H,6-9,12,14H2,1-5H3,(H,23,25)/t15-,16-,22-/m1/s1. The summed E-state index contributed by atoms with van der Waals surface area (Å²) in [6.07, 6.45) is 4.25. The largest absolute Gasteiger partial charge is 0.490 e. The first-order valence-electron chi connectivity index (χ1n) is 10.2. The summed E-state index contributed by atoms with van der Waals surface area (Å²) in [6, 6.07) is 5.05. The summed E-state index contributed by atoms with van der Waals surface area (Å²) in [5.74, 6) is 0.223. The summed E-state index contributed by atoms with van der Waals surface area (Å²) < 4.78 is 16.6. The lowest BCUT2D eigenvalue weighted by atomic mass is 9.78. The van der Waals surface area contributed by atoms with Crippen LogP contribution in [0.3, 0.4) is 0 Å². The molecule has 1 saturated carbocycles. The fraction of sp³-hybridized carbons (Fsp3) is 0.636. The predicted octanol–water partition coefficient (Wildman–Crippen LogP) is 4.57. The lowest BCUT2D eigenvalue weighted by molar-refractivity contribution is -0.147. The molecule has 0 unspecified atom stereocenters. The zero-order valence-electron chi connectivity index (χ0n) is 17.7. The lowest BCUT2D eigenvalue weighted by Gasteiger charge is -2.38. The van der Waals surface area contributed by atoms with Crippen LogP contribution < -0.4 is 10.1 Å². The van der Waals surface area contributed by atoms with Crippen LogP contribution in [0.1, 0.15) is 70.2 Å². The van der Waals surface area contributed by atoms with Crippen LogP contribution in [0.15, 0.2) is 18.2 Å². The van der Waals surface area contributed by atoms with Gasteiger partial charge >= 0.3 is 5.97 Å². The zero-order valence-corrected chi connectivity index (χ0v) is 17.7. The third-order valence-corrected chi connectivity index (χ3v) is 5.34. The van der Waals surface area contributed by atoms with Gasteiger partial charge in [0.2, 0.25) is 0 Å². The van der Waals surface area contributed by atoms with Gasteiger partial charge in [-0.1, -0.05) is 20.3 Å². The van der Waals surface area contributed by atoms with Crippen LogP contribution in [0.25, 0.3) is 0 Å². The number of nitrogens with one attached hydrogen (secondary N) is 1. The lowest BCUT2D eigenvalue weighted by Crippen LogP contribution is -2.48. The Morgan fingerprint density at radius 2 is 2.07 bits per heavy atom. The Balaban J connectivity index is 2.26. The summed E-state index contributed by atoms with van der Waals surface area (Å²) >= 11 is 0. The number of esters is 1. The molecule has 2 rings (SSSR count). The third kappa shape index (κ3) is 5.25. The first kappa shape index (κ1) is 22.2. The van der Waals surface area contributed by atoms with E-state index in [0.29, 0.717) is 42.4 Å². The number of amides is 1. The van der Waals surface area contributed by atoms with Gasteiger partial charge in [-0.25, -0.2) is 4.79 Å². The van der Waals surface area contributed by atoms with Crippen LogP contribution in [-0.2, 0) is 14.3 Å². The molecule has 0 radical (unpaired) electrons. The Labute approximate surface area is 167 Å². The summed E-state index contributed by atoms with van der Waals surface area (Å²) in [4.78, 5) is 25.3. The number of hydrogen-bond donors (Lipinski definition) is 1. The molecule has 1 fully saturated rings. The van der Waals surface area contributed by atoms with E-state index in [1.807, 2.05) is 20.8 Å². The van der Waals surface area contributed by atoms with Gasteiger partial charge in [0.15, 0.2) is 0 Å². The maximum absolute atomic E-state index is 13.1. The Morgan fingerprint density at radius 3 is 2.68 bits per heavy atom. The van der Waals surface area contributed by atoms with E-state index in [2.05, 4.69) is 12.2 Å². The minimum Gasteiger partial charge on any atom is -0.490 e. The molecule has 1 N–H and O–H groups in total. The minimum absolute atomic E-state index is 0.0335. The molecule has 0 heterocycles. The fourth-order valence-corrected chi connectivity index (χ4v) is 3.71. The molecular formula is C22H33NO5. The Morgan fingerprint density at radius 1 is 1.32 bits per heavy atom. The van der Waals surface area contributed by atoms with Crippen molar-refractivity contribution in [2.75, 3.05) is 19.0 Å². The molecule has 6 nitrogen and oxygen atoms in total. The quantitative estimate of drug-likeness (QED) is 0.657. The molecule has 28 heavy (non-hydrogen) atoms. The Bertz CT molecular complexity index is 686. The van der Waals surface area contributed by atoms with Gasteiger partial charge < -0.3 is 19.5 Å². The topological polar surface area (TPSA) is 73.9 Å². The average Bonchev–Trinajstić information content (AvgIpc) is 2.68. The second kappa shape index (κ2) is 9.92. The van der Waals surface area contributed by atoms with Crippen molar-refractivity contribution in [2.24, 2.45) is 5.92 Å². The van der Waals surface area contributed by atoms with Gasteiger partial charge in [0.25, 0.3) is 5.91 Å². The predicted molar refractivity (Wildman–Crippen MR) is 109 cm³/mol. The number of hydrogen-bond acceptors (Lipinski definition) is 5. The molecule has 1 aliphatic rings. The number of rotatable bonds is 8. The highest BCUT2D eigenvalue weighted by molar-refractivity contribution is 5.99. The summed E-state index contributed by atoms with van der Waals surface area (Å²) in [7, 11) is 1.33. The van der Waals surface area contributed by atoms with Crippen LogP contribution in [0.5, 0.6) is 5.75 Å². The minimum atomic E-state index is -0.816. The summed E-state index contributed by atoms with van der Waals surface area (Å²) in [5.41, 5.74) is 0.00582. The normalized spacial score (nSPS) is 23.0. The van der Waals surface area contributed by atoms with Crippen molar-refractivity contribution in [3.05, 3.63) is 23.8 Å². The van der Waals surface area contributed by atoms with E-state index >= 15 is 0 Å². The molecule has 0 aromatic heterocycles. The van der Waals surface area contributed by atoms with Crippen molar-refractivity contribution in [2.45, 2.75) is 71.5 Å². The van der Waals surface area contributed by atoms with Crippen molar-refractivity contribution in [1.29, 1.82) is 0 Å². The maximum Gasteiger partial charge on any atom is 0.341 e. The molecule has 156 valence electrons. The monoisotopic (exact) mass is 391 g/mol. The SMILES string of the molecule is CCO[C@]1(C(=O)Nc2ccc(O[C@H](C)CC)c(C(=O)OC)c2)CCC[C@@H](C)C1. The van der Waals surface area contributed by atoms with E-state index in [-0.39, 0.29) is 12.0 Å². The number of carbonyl (C=O) groups is 2. The molecular weight excluding hydrogens is 358 g/mol. The molecule has 6 heteroatoms. The number of benzene rings is 1. The van der Waals surface area contributed by atoms with E-state index in [0.717, 1.165) is 19.3 Å². The zero-order chi connectivity index (χ0) is 20.7. The molecule has 0 spiro atoms. The Kier molecular flexibility index (Phi) is 7.87. The Hall–Kier alpha value is -2.08. The first-order chi connectivity index (χ1) is 13.3. The summed E-state index contributed by atoms with van der Waals surface area (Å²) in [5, 5.41) is 2.94. The van der Waals surface area contributed by atoms with Gasteiger partial charge in [0.1, 0.15) is 16.9 Å². The van der Waals surface area contributed by atoms with Gasteiger partial charge in [-0.2, -0.15) is 0 Å². The number of carbonyl (C=O) groups excluding carboxylic acids is 2. The van der Waals surface area contributed by atoms with Crippen molar-refractivity contribution in [3.8, 4) is 5.75 Å². The number of anilines is 1. The molecule has 1 amide bonds. The van der Waals surface area contributed by atoms with Gasteiger partial charge in [0, 0.05) is 12.3 Å². The third-order valence-electron chi connectivity index (χ3n) is 5.34.